The molecule has 0 heterocycles. The Labute approximate surface area is 156 Å². The summed E-state index contributed by atoms with van der Waals surface area (Å²) in [7, 11) is 0. The van der Waals surface area contributed by atoms with Gasteiger partial charge in [-0.05, 0) is 37.3 Å². The van der Waals surface area contributed by atoms with Gasteiger partial charge in [0.25, 0.3) is 0 Å². The maximum Gasteiger partial charge on any atom is 0.338 e. The van der Waals surface area contributed by atoms with Gasteiger partial charge in [0.1, 0.15) is 0 Å². The Morgan fingerprint density at radius 3 is 2.15 bits per heavy atom. The number of hydrogen-bond donors (Lipinski definition) is 2. The minimum absolute atomic E-state index is 0.131. The van der Waals surface area contributed by atoms with E-state index in [0.29, 0.717) is 11.3 Å². The molecule has 0 aromatic heterocycles. The fourth-order valence-corrected chi connectivity index (χ4v) is 2.71. The Bertz CT molecular complexity index is 765. The zero-order valence-corrected chi connectivity index (χ0v) is 15.2. The van der Waals surface area contributed by atoms with Crippen LogP contribution in [0.1, 0.15) is 17.3 Å². The van der Waals surface area contributed by atoms with E-state index < -0.39 is 5.97 Å². The minimum atomic E-state index is -0.435. The van der Waals surface area contributed by atoms with E-state index in [1.54, 1.807) is 43.3 Å². The summed E-state index contributed by atoms with van der Waals surface area (Å²) in [6.45, 7) is 2.02. The van der Waals surface area contributed by atoms with Crippen LogP contribution in [0.4, 0.5) is 11.4 Å². The van der Waals surface area contributed by atoms with Gasteiger partial charge >= 0.3 is 5.97 Å². The highest BCUT2D eigenvalue weighted by atomic mass is 32.2. The molecule has 0 aliphatic rings. The van der Waals surface area contributed by atoms with Crippen LogP contribution in [0.15, 0.2) is 54.6 Å². The summed E-state index contributed by atoms with van der Waals surface area (Å²) < 4.78 is 4.93. The minimum Gasteiger partial charge on any atom is -0.462 e. The van der Waals surface area contributed by atoms with Crippen molar-refractivity contribution in [1.29, 1.82) is 0 Å². The largest absolute Gasteiger partial charge is 0.462 e. The highest BCUT2D eigenvalue weighted by Gasteiger charge is 2.09. The number of amides is 2. The molecule has 0 aliphatic carbocycles. The van der Waals surface area contributed by atoms with Crippen molar-refractivity contribution in [3.05, 3.63) is 60.2 Å². The Morgan fingerprint density at radius 2 is 1.50 bits per heavy atom. The van der Waals surface area contributed by atoms with Gasteiger partial charge in [-0.25, -0.2) is 4.79 Å². The number of para-hydroxylation sites is 1. The third kappa shape index (κ3) is 6.60. The molecular weight excluding hydrogens is 352 g/mol. The normalized spacial score (nSPS) is 10.0. The number of nitrogens with one attached hydrogen (secondary N) is 2. The first kappa shape index (κ1) is 19.5. The monoisotopic (exact) mass is 372 g/mol. The topological polar surface area (TPSA) is 84.5 Å². The van der Waals surface area contributed by atoms with Crippen molar-refractivity contribution >= 4 is 40.9 Å². The molecule has 0 unspecified atom stereocenters. The van der Waals surface area contributed by atoms with Gasteiger partial charge in [0.05, 0.1) is 23.7 Å². The molecule has 2 aromatic carbocycles. The van der Waals surface area contributed by atoms with Crippen molar-refractivity contribution in [2.45, 2.75) is 6.92 Å². The van der Waals surface area contributed by atoms with E-state index in [-0.39, 0.29) is 29.9 Å². The summed E-state index contributed by atoms with van der Waals surface area (Å²) >= 11 is 1.21. The van der Waals surface area contributed by atoms with Crippen LogP contribution in [0.3, 0.4) is 0 Å². The van der Waals surface area contributed by atoms with Crippen LogP contribution < -0.4 is 10.6 Å². The number of thioether (sulfide) groups is 1. The Kier molecular flexibility index (Phi) is 7.70. The molecule has 2 N–H and O–H groups in total. The number of hydrogen-bond acceptors (Lipinski definition) is 5. The molecule has 2 rings (SSSR count). The van der Waals surface area contributed by atoms with Crippen molar-refractivity contribution in [3.8, 4) is 0 Å². The molecule has 0 fully saturated rings. The molecule has 0 aliphatic heterocycles. The van der Waals surface area contributed by atoms with Crippen LogP contribution in [0.5, 0.6) is 0 Å². The van der Waals surface area contributed by atoms with Gasteiger partial charge in [0.15, 0.2) is 0 Å². The lowest BCUT2D eigenvalue weighted by atomic mass is 10.2. The first-order valence-electron chi connectivity index (χ1n) is 8.08. The number of esters is 1. The van der Waals surface area contributed by atoms with Crippen LogP contribution in [-0.4, -0.2) is 35.9 Å². The maximum atomic E-state index is 12.0. The smallest absolute Gasteiger partial charge is 0.338 e. The molecule has 0 radical (unpaired) electrons. The average molecular weight is 372 g/mol. The molecule has 0 saturated heterocycles. The number of carbonyl (C=O) groups is 3. The van der Waals surface area contributed by atoms with Gasteiger partial charge in [-0.2, -0.15) is 0 Å². The zero-order chi connectivity index (χ0) is 18.8. The summed E-state index contributed by atoms with van der Waals surface area (Å²) in [5.74, 6) is -0.547. The predicted molar refractivity (Wildman–Crippen MR) is 103 cm³/mol. The number of rotatable bonds is 8. The van der Waals surface area contributed by atoms with Crippen LogP contribution in [0.25, 0.3) is 0 Å². The highest BCUT2D eigenvalue weighted by molar-refractivity contribution is 8.00. The number of ether oxygens (including phenoxy) is 1. The molecule has 2 aromatic rings. The molecule has 0 saturated carbocycles. The van der Waals surface area contributed by atoms with Gasteiger partial charge in [0, 0.05) is 11.4 Å². The second-order valence-electron chi connectivity index (χ2n) is 5.26. The molecule has 0 atom stereocenters. The van der Waals surface area contributed by atoms with Gasteiger partial charge in [-0.15, -0.1) is 11.8 Å². The van der Waals surface area contributed by atoms with E-state index in [4.69, 9.17) is 4.74 Å². The van der Waals surface area contributed by atoms with Crippen LogP contribution >= 0.6 is 11.8 Å². The van der Waals surface area contributed by atoms with E-state index in [2.05, 4.69) is 10.6 Å². The zero-order valence-electron chi connectivity index (χ0n) is 14.4. The predicted octanol–water partition coefficient (Wildman–Crippen LogP) is 3.17. The SMILES string of the molecule is CCOC(=O)c1cccc(NC(=O)CSCC(=O)Nc2ccccc2)c1. The lowest BCUT2D eigenvalue weighted by molar-refractivity contribution is -0.114. The summed E-state index contributed by atoms with van der Waals surface area (Å²) in [4.78, 5) is 35.5. The number of anilines is 2. The van der Waals surface area contributed by atoms with Crippen molar-refractivity contribution in [2.24, 2.45) is 0 Å². The van der Waals surface area contributed by atoms with E-state index in [1.165, 1.54) is 11.8 Å². The molecule has 7 heteroatoms. The Hall–Kier alpha value is -2.80. The van der Waals surface area contributed by atoms with Crippen LogP contribution in [0, 0.1) is 0 Å². The molecule has 26 heavy (non-hydrogen) atoms. The second-order valence-corrected chi connectivity index (χ2v) is 6.24. The summed E-state index contributed by atoms with van der Waals surface area (Å²) in [5, 5.41) is 5.46. The molecule has 6 nitrogen and oxygen atoms in total. The quantitative estimate of drug-likeness (QED) is 0.695. The summed E-state index contributed by atoms with van der Waals surface area (Å²) in [6.07, 6.45) is 0. The van der Waals surface area contributed by atoms with Gasteiger partial charge in [0.2, 0.25) is 11.8 Å². The van der Waals surface area contributed by atoms with Gasteiger partial charge < -0.3 is 15.4 Å². The molecular formula is C19H20N2O4S. The summed E-state index contributed by atoms with van der Waals surface area (Å²) in [5.41, 5.74) is 1.60. The molecule has 0 spiro atoms. The van der Waals surface area contributed by atoms with Crippen molar-refractivity contribution < 1.29 is 19.1 Å². The molecule has 0 bridgehead atoms. The fraction of sp³-hybridized carbons (Fsp3) is 0.211. The number of benzene rings is 2. The van der Waals surface area contributed by atoms with E-state index in [0.717, 1.165) is 5.69 Å². The standard InChI is InChI=1S/C19H20N2O4S/c1-2-25-19(24)14-7-6-10-16(11-14)21-18(23)13-26-12-17(22)20-15-8-4-3-5-9-15/h3-11H,2,12-13H2,1H3,(H,20,22)(H,21,23). The van der Waals surface area contributed by atoms with Gasteiger partial charge in [-0.1, -0.05) is 24.3 Å². The second kappa shape index (κ2) is 10.2. The maximum absolute atomic E-state index is 12.0. The number of carbonyl (C=O) groups excluding carboxylic acids is 3. The first-order valence-corrected chi connectivity index (χ1v) is 9.23. The lowest BCUT2D eigenvalue weighted by Crippen LogP contribution is -2.18. The highest BCUT2D eigenvalue weighted by Crippen LogP contribution is 2.13. The average Bonchev–Trinajstić information content (AvgIpc) is 2.63. The van der Waals surface area contributed by atoms with Crippen molar-refractivity contribution in [3.63, 3.8) is 0 Å². The third-order valence-corrected chi connectivity index (χ3v) is 4.11. The Balaban J connectivity index is 1.76. The first-order chi connectivity index (χ1) is 12.6. The molecule has 2 amide bonds. The van der Waals surface area contributed by atoms with Crippen molar-refractivity contribution in [1.82, 2.24) is 0 Å². The summed E-state index contributed by atoms with van der Waals surface area (Å²) in [6, 6.07) is 15.7. The van der Waals surface area contributed by atoms with Crippen molar-refractivity contribution in [2.75, 3.05) is 28.7 Å². The fourth-order valence-electron chi connectivity index (χ4n) is 2.09. The van der Waals surface area contributed by atoms with Gasteiger partial charge in [-0.3, -0.25) is 9.59 Å². The molecule has 136 valence electrons. The van der Waals surface area contributed by atoms with E-state index >= 15 is 0 Å². The third-order valence-electron chi connectivity index (χ3n) is 3.18. The van der Waals surface area contributed by atoms with Crippen LogP contribution in [-0.2, 0) is 14.3 Å². The van der Waals surface area contributed by atoms with E-state index in [1.807, 2.05) is 18.2 Å². The van der Waals surface area contributed by atoms with Crippen LogP contribution in [0.2, 0.25) is 0 Å². The Morgan fingerprint density at radius 1 is 0.885 bits per heavy atom. The lowest BCUT2D eigenvalue weighted by Gasteiger charge is -2.08. The van der Waals surface area contributed by atoms with E-state index in [9.17, 15) is 14.4 Å².